The molecule has 0 unspecified atom stereocenters. The van der Waals surface area contributed by atoms with Crippen molar-refractivity contribution in [3.63, 3.8) is 0 Å². The van der Waals surface area contributed by atoms with E-state index in [2.05, 4.69) is 0 Å². The van der Waals surface area contributed by atoms with Gasteiger partial charge < -0.3 is 0 Å². The fourth-order valence-electron chi connectivity index (χ4n) is 1.57. The summed E-state index contributed by atoms with van der Waals surface area (Å²) in [5.41, 5.74) is -1.22. The summed E-state index contributed by atoms with van der Waals surface area (Å²) >= 11 is 0. The summed E-state index contributed by atoms with van der Waals surface area (Å²) in [6, 6.07) is 0. The molecule has 1 fully saturated rings. The van der Waals surface area contributed by atoms with Crippen molar-refractivity contribution in [1.82, 2.24) is 0 Å². The number of ketones is 1. The Kier molecular flexibility index (Phi) is 3.68. The number of hydrogen-bond acceptors (Lipinski definition) is 1. The van der Waals surface area contributed by atoms with Crippen molar-refractivity contribution in [3.8, 4) is 0 Å². The molecule has 0 aromatic heterocycles. The fraction of sp³-hybridized carbons (Fsp3) is 0.500. The molecule has 1 aliphatic carbocycles. The van der Waals surface area contributed by atoms with E-state index in [-0.39, 0.29) is 31.4 Å². The summed E-state index contributed by atoms with van der Waals surface area (Å²) in [7, 11) is 0. The maximum atomic E-state index is 12.0. The highest BCUT2D eigenvalue weighted by Gasteiger charge is 2.32. The summed E-state index contributed by atoms with van der Waals surface area (Å²) in [6.07, 6.45) is -10.0. The van der Waals surface area contributed by atoms with Crippen LogP contribution in [0.5, 0.6) is 0 Å². The minimum Gasteiger partial charge on any atom is -0.289 e. The van der Waals surface area contributed by atoms with Crippen molar-refractivity contribution >= 4 is 5.78 Å². The van der Waals surface area contributed by atoms with E-state index in [9.17, 15) is 31.1 Å². The molecular weight excluding hydrogens is 250 g/mol. The van der Waals surface area contributed by atoms with E-state index < -0.39 is 29.3 Å². The van der Waals surface area contributed by atoms with E-state index in [0.717, 1.165) is 0 Å². The van der Waals surface area contributed by atoms with Crippen LogP contribution in [0.2, 0.25) is 0 Å². The molecule has 7 heteroatoms. The summed E-state index contributed by atoms with van der Waals surface area (Å²) in [4.78, 5) is 11.3. The van der Waals surface area contributed by atoms with Crippen LogP contribution >= 0.6 is 0 Å². The van der Waals surface area contributed by atoms with E-state index in [1.807, 2.05) is 0 Å². The third kappa shape index (κ3) is 4.62. The summed E-state index contributed by atoms with van der Waals surface area (Å²) in [5.74, 6) is -1.16. The predicted octanol–water partition coefficient (Wildman–Crippen LogP) is 3.72. The third-order valence-electron chi connectivity index (χ3n) is 2.15. The van der Waals surface area contributed by atoms with Gasteiger partial charge in [0.15, 0.2) is 5.78 Å². The predicted molar refractivity (Wildman–Crippen MR) is 47.1 cm³/mol. The molecule has 0 spiro atoms. The second-order valence-electron chi connectivity index (χ2n) is 3.61. The van der Waals surface area contributed by atoms with E-state index >= 15 is 0 Å². The number of Topliss-reactive ketones (excluding diaryl/α,β-unsaturated/α-hetero) is 1. The van der Waals surface area contributed by atoms with Crippen LogP contribution in [-0.4, -0.2) is 18.1 Å². The molecule has 0 heterocycles. The van der Waals surface area contributed by atoms with Gasteiger partial charge in [-0.2, -0.15) is 26.3 Å². The van der Waals surface area contributed by atoms with Gasteiger partial charge >= 0.3 is 12.4 Å². The first-order valence-corrected chi connectivity index (χ1v) is 4.70. The molecule has 0 aliphatic heterocycles. The van der Waals surface area contributed by atoms with Crippen LogP contribution in [-0.2, 0) is 4.79 Å². The van der Waals surface area contributed by atoms with Crippen molar-refractivity contribution in [2.45, 2.75) is 31.6 Å². The molecule has 96 valence electrons. The molecule has 1 saturated carbocycles. The lowest BCUT2D eigenvalue weighted by atomic mass is 9.88. The number of alkyl halides is 6. The van der Waals surface area contributed by atoms with Crippen LogP contribution in [0, 0.1) is 0 Å². The molecule has 1 rings (SSSR count). The average molecular weight is 258 g/mol. The van der Waals surface area contributed by atoms with E-state index in [4.69, 9.17) is 0 Å². The Morgan fingerprint density at radius 2 is 1.18 bits per heavy atom. The van der Waals surface area contributed by atoms with Gasteiger partial charge in [0.25, 0.3) is 0 Å². The maximum absolute atomic E-state index is 12.0. The Hall–Kier alpha value is -1.27. The molecule has 1 aliphatic rings. The highest BCUT2D eigenvalue weighted by atomic mass is 19.4. The summed E-state index contributed by atoms with van der Waals surface area (Å²) in [6.45, 7) is 0. The van der Waals surface area contributed by atoms with Crippen LogP contribution in [0.25, 0.3) is 0 Å². The number of carbonyl (C=O) groups excluding carboxylic acids is 1. The van der Waals surface area contributed by atoms with Crippen LogP contribution in [0.15, 0.2) is 23.3 Å². The van der Waals surface area contributed by atoms with E-state index in [1.165, 1.54) is 0 Å². The molecule has 1 nitrogen and oxygen atoms in total. The van der Waals surface area contributed by atoms with Gasteiger partial charge in [-0.05, 0) is 19.3 Å². The molecule has 0 aromatic rings. The molecule has 0 atom stereocenters. The molecule has 0 radical (unpaired) electrons. The van der Waals surface area contributed by atoms with Crippen LogP contribution in [0.4, 0.5) is 26.3 Å². The van der Waals surface area contributed by atoms with Crippen molar-refractivity contribution in [3.05, 3.63) is 23.3 Å². The first kappa shape index (κ1) is 13.8. The lowest BCUT2D eigenvalue weighted by Crippen LogP contribution is -2.18. The second kappa shape index (κ2) is 4.54. The summed E-state index contributed by atoms with van der Waals surface area (Å²) < 4.78 is 72.0. The normalized spacial score (nSPS) is 23.5. The molecular formula is C10H8F6O. The Bertz CT molecular complexity index is 337. The van der Waals surface area contributed by atoms with Gasteiger partial charge in [0.1, 0.15) is 0 Å². The highest BCUT2D eigenvalue weighted by Crippen LogP contribution is 2.31. The minimum atomic E-state index is -4.69. The smallest absolute Gasteiger partial charge is 0.289 e. The van der Waals surface area contributed by atoms with E-state index in [1.54, 1.807) is 0 Å². The number of halogens is 6. The lowest BCUT2D eigenvalue weighted by molar-refractivity contribution is -0.115. The quantitative estimate of drug-likeness (QED) is 0.478. The van der Waals surface area contributed by atoms with Crippen molar-refractivity contribution in [2.75, 3.05) is 0 Å². The number of hydrogen-bond donors (Lipinski definition) is 0. The Morgan fingerprint density at radius 3 is 1.47 bits per heavy atom. The SMILES string of the molecule is O=C1C(=CC(F)(F)F)CCCC1=CC(F)(F)F. The topological polar surface area (TPSA) is 17.1 Å². The van der Waals surface area contributed by atoms with Gasteiger partial charge in [-0.25, -0.2) is 0 Å². The van der Waals surface area contributed by atoms with Gasteiger partial charge in [-0.3, -0.25) is 4.79 Å². The lowest BCUT2D eigenvalue weighted by Gasteiger charge is -2.17. The molecule has 0 amide bonds. The average Bonchev–Trinajstić information content (AvgIpc) is 2.07. The Labute approximate surface area is 92.8 Å². The summed E-state index contributed by atoms with van der Waals surface area (Å²) in [5, 5.41) is 0. The molecule has 0 N–H and O–H groups in total. The van der Waals surface area contributed by atoms with Crippen molar-refractivity contribution in [1.29, 1.82) is 0 Å². The molecule has 0 aromatic carbocycles. The Morgan fingerprint density at radius 1 is 0.824 bits per heavy atom. The monoisotopic (exact) mass is 258 g/mol. The fourth-order valence-corrected chi connectivity index (χ4v) is 1.57. The van der Waals surface area contributed by atoms with Gasteiger partial charge in [-0.15, -0.1) is 0 Å². The van der Waals surface area contributed by atoms with Crippen LogP contribution in [0.1, 0.15) is 19.3 Å². The molecule has 17 heavy (non-hydrogen) atoms. The highest BCUT2D eigenvalue weighted by molar-refractivity contribution is 6.09. The van der Waals surface area contributed by atoms with Crippen molar-refractivity contribution in [2.24, 2.45) is 0 Å². The number of rotatable bonds is 0. The van der Waals surface area contributed by atoms with E-state index in [0.29, 0.717) is 0 Å². The largest absolute Gasteiger partial charge is 0.410 e. The van der Waals surface area contributed by atoms with Crippen LogP contribution in [0.3, 0.4) is 0 Å². The molecule has 0 saturated heterocycles. The maximum Gasteiger partial charge on any atom is 0.410 e. The first-order chi connectivity index (χ1) is 7.58. The van der Waals surface area contributed by atoms with Gasteiger partial charge in [-0.1, -0.05) is 0 Å². The number of allylic oxidation sites excluding steroid dienone is 4. The van der Waals surface area contributed by atoms with Crippen LogP contribution < -0.4 is 0 Å². The van der Waals surface area contributed by atoms with Gasteiger partial charge in [0, 0.05) is 23.3 Å². The number of carbonyl (C=O) groups is 1. The first-order valence-electron chi connectivity index (χ1n) is 4.70. The third-order valence-corrected chi connectivity index (χ3v) is 2.15. The zero-order valence-corrected chi connectivity index (χ0v) is 8.45. The van der Waals surface area contributed by atoms with Gasteiger partial charge in [0.2, 0.25) is 0 Å². The zero-order valence-electron chi connectivity index (χ0n) is 8.45. The molecule has 0 bridgehead atoms. The van der Waals surface area contributed by atoms with Crippen molar-refractivity contribution < 1.29 is 31.1 Å². The second-order valence-corrected chi connectivity index (χ2v) is 3.61. The zero-order chi connectivity index (χ0) is 13.3. The Balaban J connectivity index is 2.99. The minimum absolute atomic E-state index is 0.107. The standard InChI is InChI=1S/C10H8F6O/c11-9(12,13)4-6-2-1-3-7(8(6)17)5-10(14,15)16/h4-5H,1-3H2. The van der Waals surface area contributed by atoms with Gasteiger partial charge in [0.05, 0.1) is 0 Å².